The Kier molecular flexibility index (Phi) is 5.94. The van der Waals surface area contributed by atoms with E-state index in [9.17, 15) is 9.18 Å². The number of thioether (sulfide) groups is 1. The van der Waals surface area contributed by atoms with Crippen LogP contribution in [0, 0.1) is 12.7 Å². The van der Waals surface area contributed by atoms with Crippen molar-refractivity contribution >= 4 is 17.7 Å². The molecule has 30 heavy (non-hydrogen) atoms. The van der Waals surface area contributed by atoms with Crippen LogP contribution in [0.5, 0.6) is 0 Å². The second-order valence-corrected chi connectivity index (χ2v) is 7.47. The number of para-hydroxylation sites is 1. The van der Waals surface area contributed by atoms with E-state index in [-0.39, 0.29) is 24.0 Å². The van der Waals surface area contributed by atoms with Crippen molar-refractivity contribution in [3.8, 4) is 17.1 Å². The Morgan fingerprint density at radius 1 is 1.10 bits per heavy atom. The van der Waals surface area contributed by atoms with Crippen molar-refractivity contribution in [2.75, 3.05) is 5.75 Å². The standard InChI is InChI=1S/C22H19FN4O2S/c1-15-18(11-12-29-15)21-25-26-22(27(21)17-8-3-2-4-9-17)30-14-20(28)24-13-16-7-5-6-10-19(16)23/h2-12H,13-14H2,1H3,(H,24,28). The van der Waals surface area contributed by atoms with Gasteiger partial charge in [0.1, 0.15) is 11.6 Å². The van der Waals surface area contributed by atoms with Crippen LogP contribution in [0.4, 0.5) is 4.39 Å². The molecule has 0 aliphatic heterocycles. The zero-order valence-corrected chi connectivity index (χ0v) is 17.0. The van der Waals surface area contributed by atoms with Gasteiger partial charge in [0, 0.05) is 17.8 Å². The molecule has 0 saturated heterocycles. The highest BCUT2D eigenvalue weighted by molar-refractivity contribution is 7.99. The number of amides is 1. The predicted octanol–water partition coefficient (Wildman–Crippen LogP) is 4.38. The van der Waals surface area contributed by atoms with E-state index in [0.717, 1.165) is 17.0 Å². The van der Waals surface area contributed by atoms with Crippen molar-refractivity contribution in [3.05, 3.63) is 84.1 Å². The average Bonchev–Trinajstić information content (AvgIpc) is 3.38. The molecule has 6 nitrogen and oxygen atoms in total. The van der Waals surface area contributed by atoms with Gasteiger partial charge in [-0.15, -0.1) is 10.2 Å². The monoisotopic (exact) mass is 422 g/mol. The molecule has 1 N–H and O–H groups in total. The quantitative estimate of drug-likeness (QED) is 0.448. The van der Waals surface area contributed by atoms with Crippen molar-refractivity contribution in [2.24, 2.45) is 0 Å². The Morgan fingerprint density at radius 2 is 1.87 bits per heavy atom. The van der Waals surface area contributed by atoms with Crippen LogP contribution in [-0.4, -0.2) is 26.4 Å². The van der Waals surface area contributed by atoms with Crippen molar-refractivity contribution < 1.29 is 13.6 Å². The van der Waals surface area contributed by atoms with Crippen LogP contribution >= 0.6 is 11.8 Å². The largest absolute Gasteiger partial charge is 0.469 e. The second-order valence-electron chi connectivity index (χ2n) is 6.52. The van der Waals surface area contributed by atoms with Gasteiger partial charge in [0.15, 0.2) is 11.0 Å². The van der Waals surface area contributed by atoms with E-state index in [0.29, 0.717) is 16.5 Å². The summed E-state index contributed by atoms with van der Waals surface area (Å²) in [7, 11) is 0. The van der Waals surface area contributed by atoms with E-state index in [1.54, 1.807) is 24.5 Å². The number of hydrogen-bond acceptors (Lipinski definition) is 5. The number of benzene rings is 2. The molecule has 0 saturated carbocycles. The van der Waals surface area contributed by atoms with Crippen LogP contribution in [-0.2, 0) is 11.3 Å². The molecule has 0 aliphatic carbocycles. The normalized spacial score (nSPS) is 10.9. The van der Waals surface area contributed by atoms with Crippen LogP contribution in [0.2, 0.25) is 0 Å². The average molecular weight is 422 g/mol. The van der Waals surface area contributed by atoms with Gasteiger partial charge >= 0.3 is 0 Å². The number of rotatable bonds is 7. The van der Waals surface area contributed by atoms with Gasteiger partial charge in [-0.25, -0.2) is 4.39 Å². The molecule has 0 spiro atoms. The number of aromatic nitrogens is 3. The lowest BCUT2D eigenvalue weighted by atomic mass is 10.2. The first kappa shape index (κ1) is 19.9. The Labute approximate surface area is 177 Å². The molecule has 2 aromatic carbocycles. The molecular formula is C22H19FN4O2S. The minimum Gasteiger partial charge on any atom is -0.469 e. The zero-order chi connectivity index (χ0) is 20.9. The number of carbonyl (C=O) groups is 1. The highest BCUT2D eigenvalue weighted by Gasteiger charge is 2.19. The first-order valence-electron chi connectivity index (χ1n) is 9.31. The fraction of sp³-hybridized carbons (Fsp3) is 0.136. The number of halogens is 1. The smallest absolute Gasteiger partial charge is 0.230 e. The summed E-state index contributed by atoms with van der Waals surface area (Å²) in [5, 5.41) is 11.9. The van der Waals surface area contributed by atoms with Crippen molar-refractivity contribution in [1.82, 2.24) is 20.1 Å². The van der Waals surface area contributed by atoms with E-state index >= 15 is 0 Å². The minimum atomic E-state index is -0.339. The Morgan fingerprint density at radius 3 is 2.60 bits per heavy atom. The maximum atomic E-state index is 13.7. The Hall–Kier alpha value is -3.39. The summed E-state index contributed by atoms with van der Waals surface area (Å²) in [6, 6.07) is 17.9. The molecular weight excluding hydrogens is 403 g/mol. The molecule has 0 bridgehead atoms. The third kappa shape index (κ3) is 4.28. The number of aryl methyl sites for hydroxylation is 1. The van der Waals surface area contributed by atoms with Crippen LogP contribution in [0.3, 0.4) is 0 Å². The highest BCUT2D eigenvalue weighted by Crippen LogP contribution is 2.30. The molecule has 2 aromatic heterocycles. The third-order valence-corrected chi connectivity index (χ3v) is 5.44. The number of hydrogen-bond donors (Lipinski definition) is 1. The van der Waals surface area contributed by atoms with Gasteiger partial charge in [0.05, 0.1) is 17.6 Å². The zero-order valence-electron chi connectivity index (χ0n) is 16.2. The summed E-state index contributed by atoms with van der Waals surface area (Å²) in [6.45, 7) is 2.00. The molecule has 4 aromatic rings. The fourth-order valence-electron chi connectivity index (χ4n) is 2.98. The summed E-state index contributed by atoms with van der Waals surface area (Å²) in [6.07, 6.45) is 1.61. The number of nitrogens with zero attached hydrogens (tertiary/aromatic N) is 3. The molecule has 2 heterocycles. The lowest BCUT2D eigenvalue weighted by Crippen LogP contribution is -2.25. The maximum Gasteiger partial charge on any atom is 0.230 e. The Bertz CT molecular complexity index is 1160. The van der Waals surface area contributed by atoms with Crippen molar-refractivity contribution in [2.45, 2.75) is 18.6 Å². The number of carbonyl (C=O) groups excluding carboxylic acids is 1. The van der Waals surface area contributed by atoms with Gasteiger partial charge in [-0.2, -0.15) is 0 Å². The lowest BCUT2D eigenvalue weighted by molar-refractivity contribution is -0.118. The van der Waals surface area contributed by atoms with E-state index in [4.69, 9.17) is 4.42 Å². The van der Waals surface area contributed by atoms with Crippen molar-refractivity contribution in [1.29, 1.82) is 0 Å². The maximum absolute atomic E-state index is 13.7. The van der Waals surface area contributed by atoms with Crippen LogP contribution in [0.15, 0.2) is 76.5 Å². The fourth-order valence-corrected chi connectivity index (χ4v) is 3.76. The third-order valence-electron chi connectivity index (χ3n) is 4.51. The molecule has 4 rings (SSSR count). The van der Waals surface area contributed by atoms with Crippen LogP contribution in [0.1, 0.15) is 11.3 Å². The first-order valence-corrected chi connectivity index (χ1v) is 10.3. The Balaban J connectivity index is 1.52. The number of furan rings is 1. The number of nitrogens with one attached hydrogen (secondary N) is 1. The van der Waals surface area contributed by atoms with Gasteiger partial charge in [-0.1, -0.05) is 48.2 Å². The topological polar surface area (TPSA) is 72.9 Å². The summed E-state index contributed by atoms with van der Waals surface area (Å²) >= 11 is 1.27. The molecule has 152 valence electrons. The van der Waals surface area contributed by atoms with Gasteiger partial charge in [-0.3, -0.25) is 9.36 Å². The molecule has 0 fully saturated rings. The van der Waals surface area contributed by atoms with Gasteiger partial charge < -0.3 is 9.73 Å². The predicted molar refractivity (Wildman–Crippen MR) is 113 cm³/mol. The van der Waals surface area contributed by atoms with Crippen LogP contribution < -0.4 is 5.32 Å². The molecule has 8 heteroatoms. The van der Waals surface area contributed by atoms with Gasteiger partial charge in [-0.05, 0) is 31.2 Å². The molecule has 1 amide bonds. The first-order chi connectivity index (χ1) is 14.6. The molecule has 0 atom stereocenters. The second kappa shape index (κ2) is 8.96. The van der Waals surface area contributed by atoms with Gasteiger partial charge in [0.2, 0.25) is 5.91 Å². The van der Waals surface area contributed by atoms with E-state index in [1.807, 2.05) is 47.9 Å². The summed E-state index contributed by atoms with van der Waals surface area (Å²) in [4.78, 5) is 12.3. The highest BCUT2D eigenvalue weighted by atomic mass is 32.2. The van der Waals surface area contributed by atoms with Gasteiger partial charge in [0.25, 0.3) is 0 Å². The van der Waals surface area contributed by atoms with E-state index < -0.39 is 0 Å². The molecule has 0 aliphatic rings. The summed E-state index contributed by atoms with van der Waals surface area (Å²) < 4.78 is 21.0. The molecule has 0 radical (unpaired) electrons. The SMILES string of the molecule is Cc1occc1-c1nnc(SCC(=O)NCc2ccccc2F)n1-c1ccccc1. The van der Waals surface area contributed by atoms with Crippen LogP contribution in [0.25, 0.3) is 17.1 Å². The summed E-state index contributed by atoms with van der Waals surface area (Å²) in [5.41, 5.74) is 2.16. The van der Waals surface area contributed by atoms with E-state index in [2.05, 4.69) is 15.5 Å². The van der Waals surface area contributed by atoms with Crippen molar-refractivity contribution in [3.63, 3.8) is 0 Å². The van der Waals surface area contributed by atoms with E-state index in [1.165, 1.54) is 17.8 Å². The summed E-state index contributed by atoms with van der Waals surface area (Å²) in [5.74, 6) is 0.950. The lowest BCUT2D eigenvalue weighted by Gasteiger charge is -2.10. The molecule has 0 unspecified atom stereocenters. The minimum absolute atomic E-state index is 0.129.